The molecule has 0 radical (unpaired) electrons. The first-order valence-corrected chi connectivity index (χ1v) is 9.16. The van der Waals surface area contributed by atoms with Crippen LogP contribution in [0.15, 0.2) is 54.6 Å². The molecule has 0 atom stereocenters. The van der Waals surface area contributed by atoms with Crippen molar-refractivity contribution in [1.29, 1.82) is 0 Å². The highest BCUT2D eigenvalue weighted by atomic mass is 16.7. The number of carbonyl (C=O) groups excluding carboxylic acids is 1. The Morgan fingerprint density at radius 1 is 1.08 bits per heavy atom. The van der Waals surface area contributed by atoms with Crippen LogP contribution in [0.1, 0.15) is 30.1 Å². The molecule has 2 aromatic carbocycles. The monoisotopic (exact) mass is 354 g/mol. The van der Waals surface area contributed by atoms with Crippen molar-refractivity contribution in [2.45, 2.75) is 25.9 Å². The molecule has 1 heterocycles. The second-order valence-electron chi connectivity index (χ2n) is 6.52. The Labute approximate surface area is 155 Å². The molecule has 1 aliphatic rings. The number of para-hydroxylation sites is 2. The average Bonchev–Trinajstić information content (AvgIpc) is 2.68. The summed E-state index contributed by atoms with van der Waals surface area (Å²) in [6.45, 7) is 4.50. The van der Waals surface area contributed by atoms with E-state index in [0.29, 0.717) is 12.1 Å². The van der Waals surface area contributed by atoms with Crippen LogP contribution < -0.4 is 9.90 Å². The molecule has 0 saturated carbocycles. The van der Waals surface area contributed by atoms with Crippen molar-refractivity contribution < 1.29 is 14.4 Å². The second-order valence-corrected chi connectivity index (χ2v) is 6.52. The zero-order valence-corrected chi connectivity index (χ0v) is 15.4. The topological polar surface area (TPSA) is 42.0 Å². The number of anilines is 1. The number of hydrogen-bond donors (Lipinski definition) is 0. The van der Waals surface area contributed by atoms with E-state index >= 15 is 0 Å². The highest BCUT2D eigenvalue weighted by Crippen LogP contribution is 2.25. The number of rotatable bonds is 6. The van der Waals surface area contributed by atoms with Gasteiger partial charge in [0.25, 0.3) is 0 Å². The van der Waals surface area contributed by atoms with Crippen molar-refractivity contribution in [1.82, 2.24) is 4.90 Å². The van der Waals surface area contributed by atoms with Crippen LogP contribution in [0, 0.1) is 0 Å². The van der Waals surface area contributed by atoms with Crippen LogP contribution in [0.5, 0.6) is 5.75 Å². The lowest BCUT2D eigenvalue weighted by molar-refractivity contribution is 0.0139. The standard InChI is InChI=1S/C21H26N2O3/c1-3-23(26-18-9-5-4-6-10-18)20-12-8-7-11-19(20)21(24)25-17-13-15-22(2)16-14-17/h4-12,17H,3,13-16H2,1-2H3. The minimum Gasteiger partial charge on any atom is -0.459 e. The molecule has 26 heavy (non-hydrogen) atoms. The van der Waals surface area contributed by atoms with Crippen LogP contribution in [0.4, 0.5) is 5.69 Å². The third kappa shape index (κ3) is 4.55. The Hall–Kier alpha value is -2.53. The molecule has 0 aromatic heterocycles. The van der Waals surface area contributed by atoms with Crippen LogP contribution in [0.2, 0.25) is 0 Å². The number of likely N-dealkylation sites (tertiary alicyclic amines) is 1. The van der Waals surface area contributed by atoms with Crippen molar-refractivity contribution in [3.8, 4) is 5.75 Å². The smallest absolute Gasteiger partial charge is 0.340 e. The Balaban J connectivity index is 1.74. The van der Waals surface area contributed by atoms with Gasteiger partial charge in [-0.2, -0.15) is 0 Å². The maximum atomic E-state index is 12.8. The quantitative estimate of drug-likeness (QED) is 0.584. The SMILES string of the molecule is CCN(Oc1ccccc1)c1ccccc1C(=O)OC1CCN(C)CC1. The number of piperidine rings is 1. The Morgan fingerprint density at radius 3 is 2.42 bits per heavy atom. The predicted molar refractivity (Wildman–Crippen MR) is 102 cm³/mol. The molecule has 2 aromatic rings. The lowest BCUT2D eigenvalue weighted by Gasteiger charge is -2.29. The molecular weight excluding hydrogens is 328 g/mol. The highest BCUT2D eigenvalue weighted by molar-refractivity contribution is 5.95. The van der Waals surface area contributed by atoms with Gasteiger partial charge < -0.3 is 14.5 Å². The van der Waals surface area contributed by atoms with Crippen molar-refractivity contribution in [3.05, 3.63) is 60.2 Å². The Bertz CT molecular complexity index is 712. The van der Waals surface area contributed by atoms with Gasteiger partial charge in [-0.3, -0.25) is 0 Å². The molecular formula is C21H26N2O3. The van der Waals surface area contributed by atoms with E-state index in [1.54, 1.807) is 11.1 Å². The summed E-state index contributed by atoms with van der Waals surface area (Å²) >= 11 is 0. The minimum atomic E-state index is -0.287. The van der Waals surface area contributed by atoms with Crippen LogP contribution >= 0.6 is 0 Å². The van der Waals surface area contributed by atoms with Gasteiger partial charge in [0.2, 0.25) is 0 Å². The summed E-state index contributed by atoms with van der Waals surface area (Å²) in [5.41, 5.74) is 1.25. The molecule has 138 valence electrons. The van der Waals surface area contributed by atoms with Crippen molar-refractivity contribution in [3.63, 3.8) is 0 Å². The summed E-state index contributed by atoms with van der Waals surface area (Å²) in [6, 6.07) is 17.0. The van der Waals surface area contributed by atoms with Crippen LogP contribution in [0.25, 0.3) is 0 Å². The van der Waals surface area contributed by atoms with Gasteiger partial charge in [0.15, 0.2) is 5.75 Å². The molecule has 0 spiro atoms. The number of carbonyl (C=O) groups is 1. The molecule has 5 nitrogen and oxygen atoms in total. The van der Waals surface area contributed by atoms with Gasteiger partial charge >= 0.3 is 5.97 Å². The van der Waals surface area contributed by atoms with Gasteiger partial charge in [-0.1, -0.05) is 30.3 Å². The Morgan fingerprint density at radius 2 is 1.73 bits per heavy atom. The molecule has 0 bridgehead atoms. The van der Waals surface area contributed by atoms with E-state index < -0.39 is 0 Å². The zero-order valence-electron chi connectivity index (χ0n) is 15.4. The van der Waals surface area contributed by atoms with E-state index in [-0.39, 0.29) is 12.1 Å². The van der Waals surface area contributed by atoms with Crippen LogP contribution in [-0.2, 0) is 4.74 Å². The fourth-order valence-electron chi connectivity index (χ4n) is 3.07. The summed E-state index contributed by atoms with van der Waals surface area (Å²) in [5.74, 6) is 0.443. The first kappa shape index (κ1) is 18.3. The average molecular weight is 354 g/mol. The third-order valence-corrected chi connectivity index (χ3v) is 4.58. The lowest BCUT2D eigenvalue weighted by Crippen LogP contribution is -2.35. The van der Waals surface area contributed by atoms with Gasteiger partial charge in [-0.15, -0.1) is 0 Å². The summed E-state index contributed by atoms with van der Waals surface area (Å²) in [5, 5.41) is 1.72. The van der Waals surface area contributed by atoms with Crippen LogP contribution in [-0.4, -0.2) is 43.7 Å². The van der Waals surface area contributed by atoms with Crippen molar-refractivity contribution in [2.75, 3.05) is 31.7 Å². The maximum Gasteiger partial charge on any atom is 0.340 e. The van der Waals surface area contributed by atoms with E-state index in [1.807, 2.05) is 55.5 Å². The van der Waals surface area contributed by atoms with Gasteiger partial charge in [-0.25, -0.2) is 9.86 Å². The van der Waals surface area contributed by atoms with Gasteiger partial charge in [-0.05, 0) is 51.1 Å². The van der Waals surface area contributed by atoms with Gasteiger partial charge in [0.05, 0.1) is 17.8 Å². The predicted octanol–water partition coefficient (Wildman–Crippen LogP) is 3.76. The van der Waals surface area contributed by atoms with Crippen molar-refractivity contribution in [2.24, 2.45) is 0 Å². The van der Waals surface area contributed by atoms with Gasteiger partial charge in [0, 0.05) is 13.1 Å². The van der Waals surface area contributed by atoms with Gasteiger partial charge in [0.1, 0.15) is 6.10 Å². The van der Waals surface area contributed by atoms with E-state index in [0.717, 1.165) is 37.4 Å². The van der Waals surface area contributed by atoms with E-state index in [1.165, 1.54) is 0 Å². The zero-order chi connectivity index (χ0) is 18.4. The number of benzene rings is 2. The fraction of sp³-hybridized carbons (Fsp3) is 0.381. The lowest BCUT2D eigenvalue weighted by atomic mass is 10.1. The molecule has 1 saturated heterocycles. The number of ether oxygens (including phenoxy) is 1. The largest absolute Gasteiger partial charge is 0.459 e. The third-order valence-electron chi connectivity index (χ3n) is 4.58. The van der Waals surface area contributed by atoms with E-state index in [2.05, 4.69) is 11.9 Å². The van der Waals surface area contributed by atoms with Crippen LogP contribution in [0.3, 0.4) is 0 Å². The summed E-state index contributed by atoms with van der Waals surface area (Å²) in [6.07, 6.45) is 1.74. The normalized spacial score (nSPS) is 15.5. The number of hydrogen-bond acceptors (Lipinski definition) is 5. The molecule has 1 fully saturated rings. The van der Waals surface area contributed by atoms with Crippen molar-refractivity contribution >= 4 is 11.7 Å². The molecule has 0 aliphatic carbocycles. The summed E-state index contributed by atoms with van der Waals surface area (Å²) < 4.78 is 5.76. The Kier molecular flexibility index (Phi) is 6.12. The minimum absolute atomic E-state index is 0.0168. The molecule has 5 heteroatoms. The summed E-state index contributed by atoms with van der Waals surface area (Å²) in [4.78, 5) is 21.0. The second kappa shape index (κ2) is 8.72. The van der Waals surface area contributed by atoms with E-state index in [4.69, 9.17) is 9.57 Å². The maximum absolute atomic E-state index is 12.8. The number of esters is 1. The first-order chi connectivity index (χ1) is 12.7. The molecule has 3 rings (SSSR count). The molecule has 1 aliphatic heterocycles. The molecule has 0 N–H and O–H groups in total. The first-order valence-electron chi connectivity index (χ1n) is 9.16. The number of hydroxylamine groups is 1. The number of nitrogens with zero attached hydrogens (tertiary/aromatic N) is 2. The summed E-state index contributed by atoms with van der Waals surface area (Å²) in [7, 11) is 2.09. The highest BCUT2D eigenvalue weighted by Gasteiger charge is 2.24. The molecule has 0 amide bonds. The fourth-order valence-corrected chi connectivity index (χ4v) is 3.07. The van der Waals surface area contributed by atoms with E-state index in [9.17, 15) is 4.79 Å². The molecule has 0 unspecified atom stereocenters.